The van der Waals surface area contributed by atoms with Crippen molar-refractivity contribution in [3.63, 3.8) is 0 Å². The van der Waals surface area contributed by atoms with Gasteiger partial charge in [-0.3, -0.25) is 4.57 Å². The summed E-state index contributed by atoms with van der Waals surface area (Å²) in [4.78, 5) is 13.4. The fraction of sp³-hybridized carbons (Fsp3) is 0.108. The van der Waals surface area contributed by atoms with E-state index in [1.165, 1.54) is 66.0 Å². The Morgan fingerprint density at radius 1 is 0.593 bits per heavy atom. The van der Waals surface area contributed by atoms with Gasteiger partial charge in [0.15, 0.2) is 0 Å². The summed E-state index contributed by atoms with van der Waals surface area (Å²) >= 11 is 0. The molecule has 1 fully saturated rings. The van der Waals surface area contributed by atoms with E-state index in [1.807, 2.05) is 12.2 Å². The van der Waals surface area contributed by atoms with Crippen LogP contribution < -0.4 is 10.2 Å². The van der Waals surface area contributed by atoms with Gasteiger partial charge in [-0.15, -0.1) is 0 Å². The van der Waals surface area contributed by atoms with Gasteiger partial charge in [0.05, 0.1) is 44.8 Å². The average molecular weight is 1050 g/mol. The summed E-state index contributed by atoms with van der Waals surface area (Å²) in [5.74, 6) is 1.42. The Morgan fingerprint density at radius 3 is 1.83 bits per heavy atom. The predicted octanol–water partition coefficient (Wildman–Crippen LogP) is 18.2. The maximum Gasteiger partial charge on any atom is 0.233 e. The number of nitrogens with zero attached hydrogens (tertiary/aromatic N) is 6. The summed E-state index contributed by atoms with van der Waals surface area (Å²) in [5, 5.41) is 10.9. The first kappa shape index (κ1) is 48.3. The van der Waals surface area contributed by atoms with E-state index >= 15 is 0 Å². The molecule has 2 aliphatic heterocycles. The van der Waals surface area contributed by atoms with Crippen LogP contribution in [0.2, 0.25) is 0 Å². The Labute approximate surface area is 471 Å². The van der Waals surface area contributed by atoms with Crippen molar-refractivity contribution in [1.82, 2.24) is 29.0 Å². The molecule has 15 rings (SSSR count). The van der Waals surface area contributed by atoms with Crippen molar-refractivity contribution in [2.24, 2.45) is 0 Å². The minimum Gasteiger partial charge on any atom is -0.310 e. The van der Waals surface area contributed by atoms with Gasteiger partial charge in [-0.2, -0.15) is 4.98 Å². The van der Waals surface area contributed by atoms with Crippen LogP contribution in [0.15, 0.2) is 261 Å². The first-order valence-electron chi connectivity index (χ1n) is 28.4. The minimum atomic E-state index is -0.116. The third kappa shape index (κ3) is 8.14. The van der Waals surface area contributed by atoms with Gasteiger partial charge in [0.25, 0.3) is 0 Å². The van der Waals surface area contributed by atoms with Crippen molar-refractivity contribution in [2.45, 2.75) is 45.2 Å². The second-order valence-electron chi connectivity index (χ2n) is 21.6. The molecule has 1 saturated heterocycles. The molecule has 2 atom stereocenters. The maximum absolute atomic E-state index is 5.64. The Hall–Kier alpha value is -9.82. The lowest BCUT2D eigenvalue weighted by atomic mass is 9.96. The molecule has 0 bridgehead atoms. The molecule has 12 aromatic rings. The number of para-hydroxylation sites is 4. The number of hydrogen-bond donors (Lipinski definition) is 1. The first-order chi connectivity index (χ1) is 40.0. The van der Waals surface area contributed by atoms with Crippen molar-refractivity contribution in [3.05, 3.63) is 272 Å². The van der Waals surface area contributed by atoms with E-state index < -0.39 is 0 Å². The van der Waals surface area contributed by atoms with Gasteiger partial charge in [-0.25, -0.2) is 4.98 Å². The van der Waals surface area contributed by atoms with E-state index in [9.17, 15) is 0 Å². The SMILES string of the molecule is C=C/C=C\C1=CC(=C/C(=C\C)c2ccc3c(c2)c2ccccc2n3C2=CCCC=C2)/C(C)N1c1nc(-c2ccc([C@H]3CCN3)cc2)cc(-n2c3ccccc3c3cc(-c4ccc5c(c4)c4ccccc4n5-c4ccccc4)ccc32)n1. The van der Waals surface area contributed by atoms with Crippen molar-refractivity contribution < 1.29 is 0 Å². The number of allylic oxidation sites excluding steroid dienone is 10. The molecule has 4 aromatic heterocycles. The second-order valence-corrected chi connectivity index (χ2v) is 21.6. The summed E-state index contributed by atoms with van der Waals surface area (Å²) in [6, 6.07) is 69.1. The largest absolute Gasteiger partial charge is 0.310 e. The van der Waals surface area contributed by atoms with Gasteiger partial charge in [-0.05, 0) is 164 Å². The predicted molar refractivity (Wildman–Crippen MR) is 340 cm³/mol. The fourth-order valence-corrected chi connectivity index (χ4v) is 12.8. The van der Waals surface area contributed by atoms with Gasteiger partial charge in [0.1, 0.15) is 5.82 Å². The molecular weight excluding hydrogens is 987 g/mol. The lowest BCUT2D eigenvalue weighted by molar-refractivity contribution is 0.383. The molecule has 0 spiro atoms. The molecule has 8 aromatic carbocycles. The van der Waals surface area contributed by atoms with Crippen LogP contribution in [0.4, 0.5) is 5.95 Å². The van der Waals surface area contributed by atoms with E-state index in [0.29, 0.717) is 12.0 Å². The number of rotatable bonds is 11. The molecular formula is C74H59N7. The number of hydrogen-bond acceptors (Lipinski definition) is 4. The highest BCUT2D eigenvalue weighted by atomic mass is 15.3. The molecule has 1 unspecified atom stereocenters. The smallest absolute Gasteiger partial charge is 0.233 e. The Kier molecular flexibility index (Phi) is 11.8. The normalized spacial score (nSPS) is 17.2. The number of benzene rings is 8. The monoisotopic (exact) mass is 1050 g/mol. The molecule has 7 heteroatoms. The minimum absolute atomic E-state index is 0.116. The molecule has 3 aliphatic rings. The highest BCUT2D eigenvalue weighted by molar-refractivity contribution is 6.14. The highest BCUT2D eigenvalue weighted by Crippen LogP contribution is 2.42. The molecule has 0 saturated carbocycles. The van der Waals surface area contributed by atoms with E-state index in [0.717, 1.165) is 92.8 Å². The van der Waals surface area contributed by atoms with Gasteiger partial charge >= 0.3 is 0 Å². The Bertz CT molecular complexity index is 4720. The quantitative estimate of drug-likeness (QED) is 0.131. The van der Waals surface area contributed by atoms with Crippen LogP contribution in [-0.4, -0.2) is 36.3 Å². The molecule has 1 aliphatic carbocycles. The lowest BCUT2D eigenvalue weighted by Gasteiger charge is -2.28. The molecule has 0 amide bonds. The van der Waals surface area contributed by atoms with Crippen LogP contribution in [0, 0.1) is 0 Å². The van der Waals surface area contributed by atoms with Crippen LogP contribution in [0.1, 0.15) is 50.3 Å². The summed E-state index contributed by atoms with van der Waals surface area (Å²) in [5.41, 5.74) is 19.3. The van der Waals surface area contributed by atoms with E-state index in [2.05, 4.69) is 275 Å². The van der Waals surface area contributed by atoms with Gasteiger partial charge < -0.3 is 19.4 Å². The van der Waals surface area contributed by atoms with Crippen LogP contribution >= 0.6 is 0 Å². The first-order valence-corrected chi connectivity index (χ1v) is 28.4. The Morgan fingerprint density at radius 2 is 1.19 bits per heavy atom. The van der Waals surface area contributed by atoms with Crippen molar-refractivity contribution in [1.29, 1.82) is 0 Å². The summed E-state index contributed by atoms with van der Waals surface area (Å²) < 4.78 is 7.13. The number of aromatic nitrogens is 5. The van der Waals surface area contributed by atoms with E-state index in [4.69, 9.17) is 9.97 Å². The van der Waals surface area contributed by atoms with Gasteiger partial charge in [-0.1, -0.05) is 152 Å². The zero-order chi connectivity index (χ0) is 54.1. The summed E-state index contributed by atoms with van der Waals surface area (Å²) in [6.45, 7) is 9.54. The lowest BCUT2D eigenvalue weighted by Crippen LogP contribution is -2.34. The van der Waals surface area contributed by atoms with Gasteiger partial charge in [0, 0.05) is 67.1 Å². The van der Waals surface area contributed by atoms with E-state index in [1.54, 1.807) is 0 Å². The molecule has 390 valence electrons. The molecule has 1 N–H and O–H groups in total. The highest BCUT2D eigenvalue weighted by Gasteiger charge is 2.31. The van der Waals surface area contributed by atoms with E-state index in [-0.39, 0.29) is 6.04 Å². The third-order valence-corrected chi connectivity index (χ3v) is 17.0. The van der Waals surface area contributed by atoms with Crippen LogP contribution in [0.3, 0.4) is 0 Å². The molecule has 7 nitrogen and oxygen atoms in total. The van der Waals surface area contributed by atoms with Crippen LogP contribution in [-0.2, 0) is 0 Å². The number of fused-ring (bicyclic) bond motifs is 9. The van der Waals surface area contributed by atoms with Crippen molar-refractivity contribution >= 4 is 82.6 Å². The summed E-state index contributed by atoms with van der Waals surface area (Å²) in [7, 11) is 0. The number of nitrogens with one attached hydrogen (secondary N) is 1. The molecule has 81 heavy (non-hydrogen) atoms. The standard InChI is InChI=1S/C74H59N7/c1-4-6-19-58-43-55(42-49(5-2)52-34-37-70-62(44-52)59-24-13-16-27-67(59)79(70)56-20-9-7-10-21-56)48(3)78(58)74-76-66(51-32-30-50(31-33-51)65-40-41-75-65)47-73(77-74)81-69-29-18-15-26-61(69)64-46-54(36-39-72(64)81)53-35-38-71-63(45-53)60-25-14-17-28-68(60)80(71)57-22-11-8-12-23-57/h4-6,8-9,11-39,42-48,65,75H,1,7,10,40-41H2,2-3H3/b19-6-,49-5+,55-42-/t48?,65-/m1/s1. The fourth-order valence-electron chi connectivity index (χ4n) is 12.8. The average Bonchev–Trinajstić information content (AvgIpc) is 4.44. The number of anilines is 1. The third-order valence-electron chi connectivity index (χ3n) is 17.0. The van der Waals surface area contributed by atoms with Crippen LogP contribution in [0.5, 0.6) is 0 Å². The maximum atomic E-state index is 5.64. The molecule has 0 radical (unpaired) electrons. The summed E-state index contributed by atoms with van der Waals surface area (Å²) in [6.07, 6.45) is 23.0. The molecule has 6 heterocycles. The topological polar surface area (TPSA) is 55.8 Å². The zero-order valence-corrected chi connectivity index (χ0v) is 45.5. The Balaban J connectivity index is 0.853. The van der Waals surface area contributed by atoms with Gasteiger partial charge in [0.2, 0.25) is 5.95 Å². The van der Waals surface area contributed by atoms with Crippen molar-refractivity contribution in [3.8, 4) is 33.9 Å². The van der Waals surface area contributed by atoms with Crippen LogP contribution in [0.25, 0.3) is 111 Å². The van der Waals surface area contributed by atoms with Crippen molar-refractivity contribution in [2.75, 3.05) is 11.4 Å². The zero-order valence-electron chi connectivity index (χ0n) is 45.5. The second kappa shape index (κ2) is 19.8.